The molecule has 1 rings (SSSR count). The number of thioether (sulfide) groups is 1. The lowest BCUT2D eigenvalue weighted by atomic mass is 10.2. The Bertz CT molecular complexity index is 290. The molecule has 3 N–H and O–H groups in total. The highest BCUT2D eigenvalue weighted by Gasteiger charge is 2.15. The first kappa shape index (κ1) is 12.1. The number of carboxylic acid groups (broad SMARTS) is 1. The quantitative estimate of drug-likeness (QED) is 0.641. The molecule has 5 nitrogen and oxygen atoms in total. The van der Waals surface area contributed by atoms with Gasteiger partial charge in [0.15, 0.2) is 0 Å². The molecule has 1 aromatic rings. The van der Waals surface area contributed by atoms with Crippen molar-refractivity contribution in [2.45, 2.75) is 19.0 Å². The molecule has 0 spiro atoms. The molecule has 0 aliphatic rings. The molecular formula is C9H15N3O2S. The summed E-state index contributed by atoms with van der Waals surface area (Å²) >= 11 is 1.65. The number of aliphatic carboxylic acids is 1. The molecular weight excluding hydrogens is 214 g/mol. The first-order valence-corrected chi connectivity index (χ1v) is 6.05. The van der Waals surface area contributed by atoms with Gasteiger partial charge < -0.3 is 10.1 Å². The molecule has 1 heterocycles. The van der Waals surface area contributed by atoms with Crippen LogP contribution in [0, 0.1) is 0 Å². The van der Waals surface area contributed by atoms with Gasteiger partial charge in [0.05, 0.1) is 6.33 Å². The van der Waals surface area contributed by atoms with Crippen LogP contribution in [0.4, 0.5) is 0 Å². The first-order valence-electron chi connectivity index (χ1n) is 4.66. The first-order chi connectivity index (χ1) is 7.24. The van der Waals surface area contributed by atoms with Gasteiger partial charge in [-0.25, -0.2) is 4.98 Å². The van der Waals surface area contributed by atoms with Crippen LogP contribution in [0.15, 0.2) is 12.5 Å². The molecule has 0 radical (unpaired) electrons. The third kappa shape index (κ3) is 4.35. The summed E-state index contributed by atoms with van der Waals surface area (Å²) in [5.41, 5.74) is 0.894. The van der Waals surface area contributed by atoms with Crippen molar-refractivity contribution in [1.82, 2.24) is 15.3 Å². The number of carbonyl (C=O) groups is 1. The Morgan fingerprint density at radius 2 is 2.60 bits per heavy atom. The van der Waals surface area contributed by atoms with E-state index in [-0.39, 0.29) is 0 Å². The number of carboxylic acids is 1. The van der Waals surface area contributed by atoms with Crippen LogP contribution in [0.25, 0.3) is 0 Å². The second kappa shape index (κ2) is 6.47. The standard InChI is InChI=1S/C9H15N3O2S/c1-15-3-2-8(9(13)14)11-5-7-4-10-6-12-7/h4,6,8,11H,2-3,5H2,1H3,(H,10,12)(H,13,14)/t8-/m0/s1. The van der Waals surface area contributed by atoms with Crippen molar-refractivity contribution in [3.63, 3.8) is 0 Å². The number of hydrogen-bond donors (Lipinski definition) is 3. The topological polar surface area (TPSA) is 78.0 Å². The van der Waals surface area contributed by atoms with E-state index in [1.54, 1.807) is 24.3 Å². The smallest absolute Gasteiger partial charge is 0.320 e. The van der Waals surface area contributed by atoms with E-state index in [1.807, 2.05) is 6.26 Å². The highest BCUT2D eigenvalue weighted by molar-refractivity contribution is 7.98. The highest BCUT2D eigenvalue weighted by atomic mass is 32.2. The van der Waals surface area contributed by atoms with Crippen LogP contribution in [0.2, 0.25) is 0 Å². The van der Waals surface area contributed by atoms with Crippen LogP contribution < -0.4 is 5.32 Å². The minimum Gasteiger partial charge on any atom is -0.480 e. The molecule has 0 fully saturated rings. The summed E-state index contributed by atoms with van der Waals surface area (Å²) in [5.74, 6) is 0.0380. The van der Waals surface area contributed by atoms with Crippen molar-refractivity contribution >= 4 is 17.7 Å². The molecule has 1 aromatic heterocycles. The number of aromatic nitrogens is 2. The number of rotatable bonds is 7. The van der Waals surface area contributed by atoms with Crippen LogP contribution in [0.1, 0.15) is 12.1 Å². The van der Waals surface area contributed by atoms with E-state index in [1.165, 1.54) is 0 Å². The number of H-pyrrole nitrogens is 1. The second-order valence-corrected chi connectivity index (χ2v) is 4.12. The van der Waals surface area contributed by atoms with Crippen molar-refractivity contribution in [1.29, 1.82) is 0 Å². The summed E-state index contributed by atoms with van der Waals surface area (Å²) in [4.78, 5) is 17.6. The van der Waals surface area contributed by atoms with Gasteiger partial charge in [-0.3, -0.25) is 10.1 Å². The van der Waals surface area contributed by atoms with E-state index in [4.69, 9.17) is 5.11 Å². The molecule has 0 saturated heterocycles. The van der Waals surface area contributed by atoms with Crippen molar-refractivity contribution in [2.75, 3.05) is 12.0 Å². The average molecular weight is 229 g/mol. The SMILES string of the molecule is CSCC[C@H](NCc1cnc[nH]1)C(=O)O. The molecule has 84 valence electrons. The van der Waals surface area contributed by atoms with E-state index >= 15 is 0 Å². The summed E-state index contributed by atoms with van der Waals surface area (Å²) in [6.07, 6.45) is 5.85. The van der Waals surface area contributed by atoms with Crippen LogP contribution >= 0.6 is 11.8 Å². The molecule has 0 aromatic carbocycles. The van der Waals surface area contributed by atoms with E-state index in [9.17, 15) is 4.79 Å². The highest BCUT2D eigenvalue weighted by Crippen LogP contribution is 2.02. The number of nitrogens with zero attached hydrogens (tertiary/aromatic N) is 1. The lowest BCUT2D eigenvalue weighted by molar-refractivity contribution is -0.139. The minimum absolute atomic E-state index is 0.485. The van der Waals surface area contributed by atoms with Crippen molar-refractivity contribution in [3.8, 4) is 0 Å². The maximum atomic E-state index is 10.9. The largest absolute Gasteiger partial charge is 0.480 e. The fourth-order valence-electron chi connectivity index (χ4n) is 1.16. The van der Waals surface area contributed by atoms with Gasteiger partial charge >= 0.3 is 5.97 Å². The normalized spacial score (nSPS) is 12.6. The van der Waals surface area contributed by atoms with Gasteiger partial charge in [0, 0.05) is 18.4 Å². The van der Waals surface area contributed by atoms with Crippen molar-refractivity contribution < 1.29 is 9.90 Å². The summed E-state index contributed by atoms with van der Waals surface area (Å²) in [6, 6.07) is -0.485. The minimum atomic E-state index is -0.802. The monoisotopic (exact) mass is 229 g/mol. The van der Waals surface area contributed by atoms with Crippen LogP contribution in [0.3, 0.4) is 0 Å². The zero-order valence-corrected chi connectivity index (χ0v) is 9.38. The van der Waals surface area contributed by atoms with Crippen LogP contribution in [0.5, 0.6) is 0 Å². The van der Waals surface area contributed by atoms with E-state index in [2.05, 4.69) is 15.3 Å². The maximum Gasteiger partial charge on any atom is 0.320 e. The molecule has 15 heavy (non-hydrogen) atoms. The van der Waals surface area contributed by atoms with Gasteiger partial charge in [-0.1, -0.05) is 0 Å². The third-order valence-corrected chi connectivity index (χ3v) is 2.65. The molecule has 0 saturated carbocycles. The third-order valence-electron chi connectivity index (χ3n) is 2.00. The van der Waals surface area contributed by atoms with E-state index < -0.39 is 12.0 Å². The van der Waals surface area contributed by atoms with Gasteiger partial charge in [-0.2, -0.15) is 11.8 Å². The molecule has 0 aliphatic carbocycles. The van der Waals surface area contributed by atoms with Crippen molar-refractivity contribution in [3.05, 3.63) is 18.2 Å². The Kier molecular flexibility index (Phi) is 5.20. The Balaban J connectivity index is 2.34. The van der Waals surface area contributed by atoms with Gasteiger partial charge in [0.25, 0.3) is 0 Å². The average Bonchev–Trinajstić information content (AvgIpc) is 2.70. The number of aromatic amines is 1. The summed E-state index contributed by atoms with van der Waals surface area (Å²) < 4.78 is 0. The molecule has 0 amide bonds. The number of nitrogens with one attached hydrogen (secondary N) is 2. The molecule has 0 bridgehead atoms. The van der Waals surface area contributed by atoms with Gasteiger partial charge in [-0.05, 0) is 18.4 Å². The fraction of sp³-hybridized carbons (Fsp3) is 0.556. The summed E-state index contributed by atoms with van der Waals surface area (Å²) in [5, 5.41) is 11.9. The van der Waals surface area contributed by atoms with Gasteiger partial charge in [0.1, 0.15) is 6.04 Å². The molecule has 0 aliphatic heterocycles. The Morgan fingerprint density at radius 3 is 3.13 bits per heavy atom. The van der Waals surface area contributed by atoms with E-state index in [0.717, 1.165) is 11.4 Å². The zero-order valence-electron chi connectivity index (χ0n) is 8.56. The lowest BCUT2D eigenvalue weighted by Crippen LogP contribution is -2.36. The molecule has 1 atom stereocenters. The molecule has 6 heteroatoms. The van der Waals surface area contributed by atoms with Gasteiger partial charge in [-0.15, -0.1) is 0 Å². The lowest BCUT2D eigenvalue weighted by Gasteiger charge is -2.12. The Morgan fingerprint density at radius 1 is 1.80 bits per heavy atom. The fourth-order valence-corrected chi connectivity index (χ4v) is 1.63. The van der Waals surface area contributed by atoms with Gasteiger partial charge in [0.2, 0.25) is 0 Å². The Labute approximate surface area is 92.7 Å². The Hall–Kier alpha value is -1.01. The number of imidazole rings is 1. The second-order valence-electron chi connectivity index (χ2n) is 3.13. The summed E-state index contributed by atoms with van der Waals surface area (Å²) in [7, 11) is 0. The van der Waals surface area contributed by atoms with Crippen LogP contribution in [-0.4, -0.2) is 39.1 Å². The maximum absolute atomic E-state index is 10.9. The van der Waals surface area contributed by atoms with E-state index in [0.29, 0.717) is 13.0 Å². The predicted molar refractivity (Wildman–Crippen MR) is 59.9 cm³/mol. The van der Waals surface area contributed by atoms with Crippen LogP contribution in [-0.2, 0) is 11.3 Å². The van der Waals surface area contributed by atoms with Crippen molar-refractivity contribution in [2.24, 2.45) is 0 Å². The number of hydrogen-bond acceptors (Lipinski definition) is 4. The zero-order chi connectivity index (χ0) is 11.1. The molecule has 0 unspecified atom stereocenters. The predicted octanol–water partition coefficient (Wildman–Crippen LogP) is 0.706. The summed E-state index contributed by atoms with van der Waals surface area (Å²) in [6.45, 7) is 0.505.